The van der Waals surface area contributed by atoms with Crippen LogP contribution in [0, 0.1) is 0 Å². The summed E-state index contributed by atoms with van der Waals surface area (Å²) in [4.78, 5) is 26.0. The highest BCUT2D eigenvalue weighted by molar-refractivity contribution is 9.10. The van der Waals surface area contributed by atoms with Crippen molar-refractivity contribution in [1.82, 2.24) is 0 Å². The Bertz CT molecular complexity index is 849. The highest BCUT2D eigenvalue weighted by atomic mass is 79.9. The fraction of sp³-hybridized carbons (Fsp3) is 0.333. The van der Waals surface area contributed by atoms with Crippen LogP contribution in [0.3, 0.4) is 0 Å². The molecule has 6 heteroatoms. The number of carbonyl (C=O) groups is 2. The van der Waals surface area contributed by atoms with Gasteiger partial charge in [-0.3, -0.25) is 9.59 Å². The maximum Gasteiger partial charge on any atom is 0.262 e. The molecule has 5 nitrogen and oxygen atoms in total. The first-order valence-electron chi connectivity index (χ1n) is 9.10. The molecule has 0 aliphatic carbocycles. The Morgan fingerprint density at radius 2 is 1.96 bits per heavy atom. The van der Waals surface area contributed by atoms with Crippen molar-refractivity contribution in [2.24, 2.45) is 0 Å². The number of nitrogens with zero attached hydrogens (tertiary/aromatic N) is 1. The van der Waals surface area contributed by atoms with Crippen LogP contribution < -0.4 is 15.0 Å². The Balaban J connectivity index is 1.67. The van der Waals surface area contributed by atoms with Gasteiger partial charge in [0.15, 0.2) is 6.61 Å². The van der Waals surface area contributed by atoms with E-state index in [1.807, 2.05) is 36.4 Å². The zero-order valence-electron chi connectivity index (χ0n) is 15.5. The number of hydrogen-bond acceptors (Lipinski definition) is 3. The number of ether oxygens (including phenoxy) is 1. The molecule has 0 spiro atoms. The number of rotatable bonds is 6. The molecule has 1 N–H and O–H groups in total. The fourth-order valence-electron chi connectivity index (χ4n) is 3.30. The number of carbonyl (C=O) groups excluding carboxylic acids is 2. The maximum absolute atomic E-state index is 12.4. The molecule has 2 aromatic rings. The molecule has 0 bridgehead atoms. The van der Waals surface area contributed by atoms with Crippen molar-refractivity contribution in [3.8, 4) is 5.75 Å². The summed E-state index contributed by atoms with van der Waals surface area (Å²) in [6.45, 7) is 4.22. The minimum Gasteiger partial charge on any atom is -0.484 e. The summed E-state index contributed by atoms with van der Waals surface area (Å²) in [6, 6.07) is 11.6. The molecule has 1 aliphatic rings. The molecule has 3 rings (SSSR count). The van der Waals surface area contributed by atoms with Crippen molar-refractivity contribution >= 4 is 39.1 Å². The number of nitrogens with one attached hydrogen (secondary N) is 1. The van der Waals surface area contributed by atoms with Crippen LogP contribution in [0.15, 0.2) is 40.9 Å². The van der Waals surface area contributed by atoms with E-state index in [0.717, 1.165) is 35.0 Å². The molecule has 2 amide bonds. The smallest absolute Gasteiger partial charge is 0.262 e. The molecule has 0 atom stereocenters. The summed E-state index contributed by atoms with van der Waals surface area (Å²) in [5, 5.41) is 2.88. The van der Waals surface area contributed by atoms with E-state index in [1.165, 1.54) is 12.5 Å². The number of anilines is 2. The Kier molecular flexibility index (Phi) is 6.16. The summed E-state index contributed by atoms with van der Waals surface area (Å²) in [7, 11) is 0. The van der Waals surface area contributed by atoms with Crippen LogP contribution in [-0.2, 0) is 22.4 Å². The average Bonchev–Trinajstić information content (AvgIpc) is 3.05. The minimum absolute atomic E-state index is 0.0324. The van der Waals surface area contributed by atoms with E-state index in [0.29, 0.717) is 18.0 Å². The van der Waals surface area contributed by atoms with Crippen LogP contribution in [0.25, 0.3) is 0 Å². The van der Waals surface area contributed by atoms with Gasteiger partial charge >= 0.3 is 0 Å². The van der Waals surface area contributed by atoms with Crippen LogP contribution in [0.4, 0.5) is 11.4 Å². The van der Waals surface area contributed by atoms with Crippen molar-refractivity contribution in [1.29, 1.82) is 0 Å². The van der Waals surface area contributed by atoms with Gasteiger partial charge in [-0.05, 0) is 48.2 Å². The summed E-state index contributed by atoms with van der Waals surface area (Å²) < 4.78 is 6.46. The minimum atomic E-state index is -0.261. The highest BCUT2D eigenvalue weighted by Gasteiger charge is 2.26. The van der Waals surface area contributed by atoms with Gasteiger partial charge in [-0.15, -0.1) is 0 Å². The third-order valence-electron chi connectivity index (χ3n) is 4.51. The van der Waals surface area contributed by atoms with Crippen molar-refractivity contribution in [3.63, 3.8) is 0 Å². The normalized spacial score (nSPS) is 12.6. The van der Waals surface area contributed by atoms with Gasteiger partial charge in [0, 0.05) is 17.9 Å². The Hall–Kier alpha value is -2.34. The van der Waals surface area contributed by atoms with Gasteiger partial charge in [0.05, 0.1) is 11.4 Å². The van der Waals surface area contributed by atoms with Crippen LogP contribution >= 0.6 is 15.9 Å². The van der Waals surface area contributed by atoms with Gasteiger partial charge < -0.3 is 15.0 Å². The lowest BCUT2D eigenvalue weighted by molar-refractivity contribution is -0.118. The number of hydrogen-bond donors (Lipinski definition) is 1. The quantitative estimate of drug-likeness (QED) is 0.741. The topological polar surface area (TPSA) is 58.6 Å². The molecule has 0 radical (unpaired) electrons. The van der Waals surface area contributed by atoms with Gasteiger partial charge in [0.1, 0.15) is 5.75 Å². The average molecular weight is 431 g/mol. The zero-order chi connectivity index (χ0) is 19.4. The first-order chi connectivity index (χ1) is 13.0. The summed E-state index contributed by atoms with van der Waals surface area (Å²) in [5.41, 5.74) is 3.70. The lowest BCUT2D eigenvalue weighted by Gasteiger charge is -2.19. The first-order valence-corrected chi connectivity index (χ1v) is 9.89. The third-order valence-corrected chi connectivity index (χ3v) is 4.97. The molecule has 0 saturated carbocycles. The van der Waals surface area contributed by atoms with Crippen molar-refractivity contribution in [2.45, 2.75) is 33.1 Å². The lowest BCUT2D eigenvalue weighted by atomic mass is 10.1. The molecule has 0 unspecified atom stereocenters. The molecule has 27 heavy (non-hydrogen) atoms. The standard InChI is InChI=1S/C21H23BrN2O3/c1-3-4-15-5-7-18(8-6-15)27-13-20(26)23-19-12-17(22)11-16-9-10-24(14(2)25)21(16)19/h5-8,11-12H,3-4,9-10,13H2,1-2H3,(H,23,26). The molecule has 2 aromatic carbocycles. The second-order valence-electron chi connectivity index (χ2n) is 6.61. The highest BCUT2D eigenvalue weighted by Crippen LogP contribution is 2.38. The van der Waals surface area contributed by atoms with E-state index in [2.05, 4.69) is 28.2 Å². The van der Waals surface area contributed by atoms with Gasteiger partial charge in [-0.25, -0.2) is 0 Å². The number of fused-ring (bicyclic) bond motifs is 1. The van der Waals surface area contributed by atoms with Crippen molar-refractivity contribution in [2.75, 3.05) is 23.4 Å². The van der Waals surface area contributed by atoms with E-state index < -0.39 is 0 Å². The van der Waals surface area contributed by atoms with E-state index in [9.17, 15) is 9.59 Å². The van der Waals surface area contributed by atoms with Gasteiger partial charge in [-0.2, -0.15) is 0 Å². The third kappa shape index (κ3) is 4.69. The number of halogens is 1. The molecule has 1 aliphatic heterocycles. The summed E-state index contributed by atoms with van der Waals surface area (Å²) >= 11 is 3.47. The predicted octanol–water partition coefficient (Wildman–Crippen LogP) is 4.33. The number of aryl methyl sites for hydroxylation is 1. The number of amides is 2. The molecular weight excluding hydrogens is 408 g/mol. The van der Waals surface area contributed by atoms with E-state index in [-0.39, 0.29) is 18.4 Å². The molecule has 0 saturated heterocycles. The lowest BCUT2D eigenvalue weighted by Crippen LogP contribution is -2.28. The van der Waals surface area contributed by atoms with Gasteiger partial charge in [0.2, 0.25) is 5.91 Å². The predicted molar refractivity (Wildman–Crippen MR) is 110 cm³/mol. The SMILES string of the molecule is CCCc1ccc(OCC(=O)Nc2cc(Br)cc3c2N(C(C)=O)CC3)cc1. The van der Waals surface area contributed by atoms with Crippen molar-refractivity contribution < 1.29 is 14.3 Å². The fourth-order valence-corrected chi connectivity index (χ4v) is 3.80. The van der Waals surface area contributed by atoms with Gasteiger partial charge in [0.25, 0.3) is 5.91 Å². The molecule has 0 fully saturated rings. The van der Waals surface area contributed by atoms with E-state index in [4.69, 9.17) is 4.74 Å². The summed E-state index contributed by atoms with van der Waals surface area (Å²) in [5.74, 6) is 0.369. The van der Waals surface area contributed by atoms with Crippen LogP contribution in [-0.4, -0.2) is 25.0 Å². The summed E-state index contributed by atoms with van der Waals surface area (Å²) in [6.07, 6.45) is 2.90. The second kappa shape index (κ2) is 8.57. The van der Waals surface area contributed by atoms with Crippen LogP contribution in [0.1, 0.15) is 31.4 Å². The van der Waals surface area contributed by atoms with E-state index in [1.54, 1.807) is 4.90 Å². The Morgan fingerprint density at radius 1 is 1.22 bits per heavy atom. The van der Waals surface area contributed by atoms with Gasteiger partial charge in [-0.1, -0.05) is 41.4 Å². The van der Waals surface area contributed by atoms with Crippen LogP contribution in [0.5, 0.6) is 5.75 Å². The Morgan fingerprint density at radius 3 is 2.63 bits per heavy atom. The Labute approximate surface area is 167 Å². The first kappa shape index (κ1) is 19.4. The number of benzene rings is 2. The zero-order valence-corrected chi connectivity index (χ0v) is 17.1. The molecule has 1 heterocycles. The molecule has 0 aromatic heterocycles. The molecule has 142 valence electrons. The molecular formula is C21H23BrN2O3. The monoisotopic (exact) mass is 430 g/mol. The second-order valence-corrected chi connectivity index (χ2v) is 7.53. The van der Waals surface area contributed by atoms with E-state index >= 15 is 0 Å². The van der Waals surface area contributed by atoms with Crippen LogP contribution in [0.2, 0.25) is 0 Å². The maximum atomic E-state index is 12.4. The van der Waals surface area contributed by atoms with Crippen molar-refractivity contribution in [3.05, 3.63) is 52.0 Å². The largest absolute Gasteiger partial charge is 0.484 e.